The third kappa shape index (κ3) is 2.75. The van der Waals surface area contributed by atoms with Crippen molar-refractivity contribution < 1.29 is 9.90 Å². The molecule has 16 heavy (non-hydrogen) atoms. The first-order valence-corrected chi connectivity index (χ1v) is 5.43. The second kappa shape index (κ2) is 5.02. The molecule has 1 aromatic heterocycles. The Bertz CT molecular complexity index is 340. The minimum absolute atomic E-state index is 0.196. The third-order valence-electron chi connectivity index (χ3n) is 2.90. The summed E-state index contributed by atoms with van der Waals surface area (Å²) in [7, 11) is 0. The highest BCUT2D eigenvalue weighted by Crippen LogP contribution is 2.23. The summed E-state index contributed by atoms with van der Waals surface area (Å²) in [4.78, 5) is 12.6. The van der Waals surface area contributed by atoms with Crippen molar-refractivity contribution in [3.63, 3.8) is 0 Å². The van der Waals surface area contributed by atoms with Crippen molar-refractivity contribution >= 4 is 5.97 Å². The second-order valence-electron chi connectivity index (χ2n) is 4.07. The van der Waals surface area contributed by atoms with Crippen molar-refractivity contribution in [2.75, 3.05) is 19.6 Å². The maximum absolute atomic E-state index is 10.5. The Morgan fingerprint density at radius 1 is 1.62 bits per heavy atom. The molecule has 1 fully saturated rings. The van der Waals surface area contributed by atoms with Crippen LogP contribution in [-0.2, 0) is 4.79 Å². The zero-order valence-electron chi connectivity index (χ0n) is 8.96. The molecule has 0 bridgehead atoms. The van der Waals surface area contributed by atoms with Crippen molar-refractivity contribution in [2.24, 2.45) is 0 Å². The van der Waals surface area contributed by atoms with E-state index in [1.165, 1.54) is 0 Å². The van der Waals surface area contributed by atoms with E-state index in [0.29, 0.717) is 12.5 Å². The van der Waals surface area contributed by atoms with E-state index in [0.717, 1.165) is 31.8 Å². The Morgan fingerprint density at radius 3 is 3.19 bits per heavy atom. The molecule has 1 aliphatic heterocycles. The summed E-state index contributed by atoms with van der Waals surface area (Å²) in [5.74, 6) is 0.362. The fraction of sp³-hybridized carbons (Fsp3) is 0.778. The highest BCUT2D eigenvalue weighted by atomic mass is 16.4. The molecule has 1 aliphatic rings. The van der Waals surface area contributed by atoms with Crippen molar-refractivity contribution in [1.82, 2.24) is 25.5 Å². The molecule has 1 aromatic rings. The standard InChI is InChI=1S/C9H15N5O2/c15-8(16)3-5-14-4-1-2-7(6-14)9-10-12-13-11-9/h7H,1-6H2,(H,15,16)(H,10,11,12,13). The first kappa shape index (κ1) is 11.0. The van der Waals surface area contributed by atoms with Crippen molar-refractivity contribution in [3.8, 4) is 0 Å². The highest BCUT2D eigenvalue weighted by molar-refractivity contribution is 5.66. The van der Waals surface area contributed by atoms with Crippen molar-refractivity contribution in [1.29, 1.82) is 0 Å². The fourth-order valence-electron chi connectivity index (χ4n) is 2.08. The van der Waals surface area contributed by atoms with Gasteiger partial charge in [0.15, 0.2) is 5.82 Å². The number of likely N-dealkylation sites (tertiary alicyclic amines) is 1. The quantitative estimate of drug-likeness (QED) is 0.740. The molecule has 2 N–H and O–H groups in total. The molecule has 1 saturated heterocycles. The normalized spacial score (nSPS) is 22.1. The summed E-state index contributed by atoms with van der Waals surface area (Å²) in [6.07, 6.45) is 2.31. The van der Waals surface area contributed by atoms with Gasteiger partial charge >= 0.3 is 5.97 Å². The lowest BCUT2D eigenvalue weighted by Gasteiger charge is -2.30. The smallest absolute Gasteiger partial charge is 0.304 e. The monoisotopic (exact) mass is 225 g/mol. The van der Waals surface area contributed by atoms with Gasteiger partial charge in [-0.25, -0.2) is 5.10 Å². The minimum atomic E-state index is -0.747. The Kier molecular flexibility index (Phi) is 3.45. The minimum Gasteiger partial charge on any atom is -0.481 e. The van der Waals surface area contributed by atoms with Gasteiger partial charge < -0.3 is 10.0 Å². The Morgan fingerprint density at radius 2 is 2.50 bits per heavy atom. The fourth-order valence-corrected chi connectivity index (χ4v) is 2.08. The van der Waals surface area contributed by atoms with E-state index in [4.69, 9.17) is 5.11 Å². The van der Waals surface area contributed by atoms with Crippen LogP contribution in [0.3, 0.4) is 0 Å². The molecule has 88 valence electrons. The van der Waals surface area contributed by atoms with Gasteiger partial charge in [0.2, 0.25) is 0 Å². The molecule has 7 nitrogen and oxygen atoms in total. The Balaban J connectivity index is 1.87. The van der Waals surface area contributed by atoms with E-state index in [1.54, 1.807) is 0 Å². The topological polar surface area (TPSA) is 95.0 Å². The maximum Gasteiger partial charge on any atom is 0.304 e. The van der Waals surface area contributed by atoms with Gasteiger partial charge in [0, 0.05) is 19.0 Å². The lowest BCUT2D eigenvalue weighted by Crippen LogP contribution is -2.36. The Labute approximate surface area is 92.8 Å². The van der Waals surface area contributed by atoms with E-state index in [9.17, 15) is 4.79 Å². The van der Waals surface area contributed by atoms with Crippen LogP contribution in [0.25, 0.3) is 0 Å². The van der Waals surface area contributed by atoms with E-state index >= 15 is 0 Å². The largest absolute Gasteiger partial charge is 0.481 e. The summed E-state index contributed by atoms with van der Waals surface area (Å²) in [5.41, 5.74) is 0. The van der Waals surface area contributed by atoms with E-state index < -0.39 is 5.97 Å². The van der Waals surface area contributed by atoms with Gasteiger partial charge in [-0.3, -0.25) is 4.79 Å². The number of aromatic amines is 1. The molecule has 0 spiro atoms. The second-order valence-corrected chi connectivity index (χ2v) is 4.07. The van der Waals surface area contributed by atoms with Gasteiger partial charge in [0.05, 0.1) is 6.42 Å². The van der Waals surface area contributed by atoms with Crippen LogP contribution < -0.4 is 0 Å². The number of hydrogen-bond donors (Lipinski definition) is 2. The predicted molar refractivity (Wildman–Crippen MR) is 54.8 cm³/mol. The number of piperidine rings is 1. The zero-order chi connectivity index (χ0) is 11.4. The first-order chi connectivity index (χ1) is 7.75. The van der Waals surface area contributed by atoms with Gasteiger partial charge in [0.25, 0.3) is 0 Å². The number of carbonyl (C=O) groups is 1. The molecular formula is C9H15N5O2. The number of hydrogen-bond acceptors (Lipinski definition) is 5. The molecule has 0 aliphatic carbocycles. The Hall–Kier alpha value is -1.50. The van der Waals surface area contributed by atoms with Gasteiger partial charge in [-0.05, 0) is 29.8 Å². The lowest BCUT2D eigenvalue weighted by molar-refractivity contribution is -0.137. The molecular weight excluding hydrogens is 210 g/mol. The van der Waals surface area contributed by atoms with Crippen LogP contribution in [-0.4, -0.2) is 56.2 Å². The summed E-state index contributed by atoms with van der Waals surface area (Å²) in [6.45, 7) is 2.41. The molecule has 1 unspecified atom stereocenters. The molecule has 1 atom stereocenters. The van der Waals surface area contributed by atoms with Crippen LogP contribution in [0.1, 0.15) is 31.0 Å². The van der Waals surface area contributed by atoms with Gasteiger partial charge in [-0.1, -0.05) is 0 Å². The summed E-state index contributed by atoms with van der Waals surface area (Å²) < 4.78 is 0. The average Bonchev–Trinajstić information content (AvgIpc) is 2.80. The van der Waals surface area contributed by atoms with E-state index in [1.807, 2.05) is 0 Å². The SMILES string of the molecule is O=C(O)CCN1CCCC(c2nnn[nH]2)C1. The third-order valence-corrected chi connectivity index (χ3v) is 2.90. The molecule has 0 aromatic carbocycles. The number of carboxylic acids is 1. The molecule has 0 amide bonds. The number of tetrazole rings is 1. The molecule has 2 heterocycles. The average molecular weight is 225 g/mol. The number of aliphatic carboxylic acids is 1. The number of rotatable bonds is 4. The van der Waals surface area contributed by atoms with Crippen LogP contribution in [0.15, 0.2) is 0 Å². The lowest BCUT2D eigenvalue weighted by atomic mass is 9.97. The number of carboxylic acid groups (broad SMARTS) is 1. The molecule has 2 rings (SSSR count). The highest BCUT2D eigenvalue weighted by Gasteiger charge is 2.23. The number of aromatic nitrogens is 4. The maximum atomic E-state index is 10.5. The summed E-state index contributed by atoms with van der Waals surface area (Å²) >= 11 is 0. The van der Waals surface area contributed by atoms with Crippen LogP contribution in [0, 0.1) is 0 Å². The van der Waals surface area contributed by atoms with Crippen LogP contribution >= 0.6 is 0 Å². The predicted octanol–water partition coefficient (Wildman–Crippen LogP) is -0.146. The zero-order valence-corrected chi connectivity index (χ0v) is 8.96. The number of nitrogens with zero attached hydrogens (tertiary/aromatic N) is 4. The van der Waals surface area contributed by atoms with Crippen LogP contribution in [0.5, 0.6) is 0 Å². The molecule has 0 saturated carbocycles. The summed E-state index contributed by atoms with van der Waals surface area (Å²) in [6, 6.07) is 0. The van der Waals surface area contributed by atoms with Crippen molar-refractivity contribution in [2.45, 2.75) is 25.2 Å². The number of nitrogens with one attached hydrogen (secondary N) is 1. The number of H-pyrrole nitrogens is 1. The van der Waals surface area contributed by atoms with E-state index in [2.05, 4.69) is 25.5 Å². The van der Waals surface area contributed by atoms with Crippen molar-refractivity contribution in [3.05, 3.63) is 5.82 Å². The van der Waals surface area contributed by atoms with Gasteiger partial charge in [0.1, 0.15) is 0 Å². The molecule has 0 radical (unpaired) electrons. The van der Waals surface area contributed by atoms with E-state index in [-0.39, 0.29) is 6.42 Å². The van der Waals surface area contributed by atoms with Crippen LogP contribution in [0.2, 0.25) is 0 Å². The first-order valence-electron chi connectivity index (χ1n) is 5.43. The van der Waals surface area contributed by atoms with Crippen LogP contribution in [0.4, 0.5) is 0 Å². The van der Waals surface area contributed by atoms with Gasteiger partial charge in [-0.15, -0.1) is 5.10 Å². The van der Waals surface area contributed by atoms with Gasteiger partial charge in [-0.2, -0.15) is 0 Å². The molecule has 7 heteroatoms. The summed E-state index contributed by atoms with van der Waals surface area (Å²) in [5, 5.41) is 22.4.